The van der Waals surface area contributed by atoms with Crippen LogP contribution >= 0.6 is 11.6 Å². The van der Waals surface area contributed by atoms with Crippen LogP contribution in [0.25, 0.3) is 0 Å². The second-order valence-electron chi connectivity index (χ2n) is 7.08. The number of benzene rings is 3. The van der Waals surface area contributed by atoms with Crippen molar-refractivity contribution in [2.75, 3.05) is 16.0 Å². The third kappa shape index (κ3) is 6.30. The van der Waals surface area contributed by atoms with Gasteiger partial charge in [-0.15, -0.1) is 0 Å². The molecule has 1 heterocycles. The standard InChI is InChI=1S/C25H21ClN6O2/c1-2-23(33)29-18-9-6-10-19(13-18)30-24-27-16-28-25(32-24)31-20-11-12-22(21(26)14-20)34-15-17-7-4-3-5-8-17/h2-14,16H,1,15H2,(H,29,33)(H2,27,28,30,31,32). The lowest BCUT2D eigenvalue weighted by molar-refractivity contribution is -0.111. The van der Waals surface area contributed by atoms with E-state index in [9.17, 15) is 4.79 Å². The van der Waals surface area contributed by atoms with E-state index in [1.165, 1.54) is 12.4 Å². The largest absolute Gasteiger partial charge is 0.487 e. The van der Waals surface area contributed by atoms with Gasteiger partial charge in [0.2, 0.25) is 17.8 Å². The summed E-state index contributed by atoms with van der Waals surface area (Å²) < 4.78 is 5.81. The maximum atomic E-state index is 11.5. The molecule has 4 rings (SSSR count). The number of anilines is 5. The summed E-state index contributed by atoms with van der Waals surface area (Å²) in [6.07, 6.45) is 2.60. The fraction of sp³-hybridized carbons (Fsp3) is 0.0400. The minimum atomic E-state index is -0.293. The highest BCUT2D eigenvalue weighted by Crippen LogP contribution is 2.29. The van der Waals surface area contributed by atoms with E-state index in [-0.39, 0.29) is 5.91 Å². The van der Waals surface area contributed by atoms with E-state index in [0.717, 1.165) is 5.56 Å². The molecule has 0 atom stereocenters. The molecular formula is C25H21ClN6O2. The number of aromatic nitrogens is 3. The summed E-state index contributed by atoms with van der Waals surface area (Å²) in [7, 11) is 0. The summed E-state index contributed by atoms with van der Waals surface area (Å²) in [6, 6.07) is 22.4. The van der Waals surface area contributed by atoms with Gasteiger partial charge in [0.25, 0.3) is 0 Å². The molecule has 34 heavy (non-hydrogen) atoms. The number of hydrogen-bond donors (Lipinski definition) is 3. The van der Waals surface area contributed by atoms with E-state index in [2.05, 4.69) is 37.5 Å². The molecule has 8 nitrogen and oxygen atoms in total. The Bertz CT molecular complexity index is 1300. The van der Waals surface area contributed by atoms with Crippen molar-refractivity contribution in [1.82, 2.24) is 15.0 Å². The fourth-order valence-corrected chi connectivity index (χ4v) is 3.21. The summed E-state index contributed by atoms with van der Waals surface area (Å²) in [6.45, 7) is 3.87. The molecule has 0 radical (unpaired) electrons. The predicted octanol–water partition coefficient (Wildman–Crippen LogP) is 5.72. The molecule has 0 aliphatic heterocycles. The molecule has 0 aliphatic carbocycles. The van der Waals surface area contributed by atoms with Crippen molar-refractivity contribution < 1.29 is 9.53 Å². The summed E-state index contributed by atoms with van der Waals surface area (Å²) in [5, 5.41) is 9.36. The first-order valence-electron chi connectivity index (χ1n) is 10.3. The van der Waals surface area contributed by atoms with Crippen LogP contribution in [0.5, 0.6) is 5.75 Å². The van der Waals surface area contributed by atoms with Crippen molar-refractivity contribution >= 4 is 46.5 Å². The number of ether oxygens (including phenoxy) is 1. The number of rotatable bonds is 9. The van der Waals surface area contributed by atoms with E-state index < -0.39 is 0 Å². The third-order valence-corrected chi connectivity index (χ3v) is 4.86. The zero-order chi connectivity index (χ0) is 23.8. The van der Waals surface area contributed by atoms with Gasteiger partial charge >= 0.3 is 0 Å². The van der Waals surface area contributed by atoms with E-state index in [1.807, 2.05) is 42.5 Å². The van der Waals surface area contributed by atoms with Crippen LogP contribution in [0.1, 0.15) is 5.56 Å². The van der Waals surface area contributed by atoms with Gasteiger partial charge in [-0.2, -0.15) is 4.98 Å². The highest BCUT2D eigenvalue weighted by Gasteiger charge is 2.07. The van der Waals surface area contributed by atoms with Crippen LogP contribution < -0.4 is 20.7 Å². The SMILES string of the molecule is C=CC(=O)Nc1cccc(Nc2ncnc(Nc3ccc(OCc4ccccc4)c(Cl)c3)n2)c1. The number of hydrogen-bond acceptors (Lipinski definition) is 7. The molecule has 0 fully saturated rings. The van der Waals surface area contributed by atoms with Crippen LogP contribution in [0.3, 0.4) is 0 Å². The number of amides is 1. The maximum absolute atomic E-state index is 11.5. The van der Waals surface area contributed by atoms with Crippen LogP contribution in [-0.2, 0) is 11.4 Å². The highest BCUT2D eigenvalue weighted by atomic mass is 35.5. The number of nitrogens with one attached hydrogen (secondary N) is 3. The smallest absolute Gasteiger partial charge is 0.247 e. The topological polar surface area (TPSA) is 101 Å². The fourth-order valence-electron chi connectivity index (χ4n) is 2.97. The second-order valence-corrected chi connectivity index (χ2v) is 7.48. The third-order valence-electron chi connectivity index (χ3n) is 4.57. The zero-order valence-electron chi connectivity index (χ0n) is 18.0. The molecule has 170 valence electrons. The van der Waals surface area contributed by atoms with E-state index in [0.29, 0.717) is 46.3 Å². The average Bonchev–Trinajstić information content (AvgIpc) is 2.84. The molecule has 0 bridgehead atoms. The molecule has 9 heteroatoms. The Hall–Kier alpha value is -4.43. The van der Waals surface area contributed by atoms with Gasteiger partial charge in [-0.3, -0.25) is 4.79 Å². The van der Waals surface area contributed by atoms with Crippen molar-refractivity contribution in [3.05, 3.63) is 102 Å². The van der Waals surface area contributed by atoms with Crippen LogP contribution in [0.15, 0.2) is 91.8 Å². The Morgan fingerprint density at radius 1 is 0.912 bits per heavy atom. The Kier molecular flexibility index (Phi) is 7.32. The maximum Gasteiger partial charge on any atom is 0.247 e. The minimum Gasteiger partial charge on any atom is -0.487 e. The summed E-state index contributed by atoms with van der Waals surface area (Å²) in [5.41, 5.74) is 3.07. The number of nitrogens with zero attached hydrogens (tertiary/aromatic N) is 3. The van der Waals surface area contributed by atoms with E-state index >= 15 is 0 Å². The molecule has 1 amide bonds. The molecule has 4 aromatic rings. The molecule has 0 saturated heterocycles. The van der Waals surface area contributed by atoms with Crippen molar-refractivity contribution in [3.8, 4) is 5.75 Å². The quantitative estimate of drug-likeness (QED) is 0.268. The Balaban J connectivity index is 1.40. The van der Waals surface area contributed by atoms with E-state index in [1.54, 1.807) is 30.3 Å². The van der Waals surface area contributed by atoms with Gasteiger partial charge in [-0.05, 0) is 48.0 Å². The first-order chi connectivity index (χ1) is 16.6. The Labute approximate surface area is 201 Å². The summed E-state index contributed by atoms with van der Waals surface area (Å²) >= 11 is 6.40. The molecule has 0 aliphatic rings. The van der Waals surface area contributed by atoms with E-state index in [4.69, 9.17) is 16.3 Å². The number of carbonyl (C=O) groups is 1. The van der Waals surface area contributed by atoms with Crippen LogP contribution in [-0.4, -0.2) is 20.9 Å². The number of carbonyl (C=O) groups excluding carboxylic acids is 1. The first kappa shape index (κ1) is 22.8. The molecule has 0 spiro atoms. The van der Waals surface area contributed by atoms with Gasteiger partial charge in [-0.1, -0.05) is 54.6 Å². The molecular weight excluding hydrogens is 452 g/mol. The van der Waals surface area contributed by atoms with Gasteiger partial charge < -0.3 is 20.7 Å². The Morgan fingerprint density at radius 2 is 1.62 bits per heavy atom. The van der Waals surface area contributed by atoms with Gasteiger partial charge in [0.1, 0.15) is 18.7 Å². The molecule has 0 unspecified atom stereocenters. The molecule has 3 aromatic carbocycles. The minimum absolute atomic E-state index is 0.293. The molecule has 0 saturated carbocycles. The van der Waals surface area contributed by atoms with Crippen molar-refractivity contribution in [1.29, 1.82) is 0 Å². The summed E-state index contributed by atoms with van der Waals surface area (Å²) in [4.78, 5) is 24.2. The van der Waals surface area contributed by atoms with Gasteiger partial charge in [-0.25, -0.2) is 9.97 Å². The van der Waals surface area contributed by atoms with Crippen LogP contribution in [0.2, 0.25) is 5.02 Å². The molecule has 3 N–H and O–H groups in total. The molecule has 1 aromatic heterocycles. The highest BCUT2D eigenvalue weighted by molar-refractivity contribution is 6.32. The average molecular weight is 473 g/mol. The van der Waals surface area contributed by atoms with Crippen LogP contribution in [0, 0.1) is 0 Å². The lowest BCUT2D eigenvalue weighted by atomic mass is 10.2. The zero-order valence-corrected chi connectivity index (χ0v) is 18.8. The lowest BCUT2D eigenvalue weighted by Gasteiger charge is -2.11. The monoisotopic (exact) mass is 472 g/mol. The van der Waals surface area contributed by atoms with Gasteiger partial charge in [0.05, 0.1) is 5.02 Å². The van der Waals surface area contributed by atoms with Crippen molar-refractivity contribution in [2.24, 2.45) is 0 Å². The normalized spacial score (nSPS) is 10.3. The van der Waals surface area contributed by atoms with Gasteiger partial charge in [0, 0.05) is 17.1 Å². The van der Waals surface area contributed by atoms with Gasteiger partial charge in [0.15, 0.2) is 0 Å². The van der Waals surface area contributed by atoms with Crippen LogP contribution in [0.4, 0.5) is 29.0 Å². The Morgan fingerprint density at radius 3 is 2.32 bits per heavy atom. The lowest BCUT2D eigenvalue weighted by Crippen LogP contribution is -2.07. The second kappa shape index (κ2) is 10.9. The van der Waals surface area contributed by atoms with Crippen molar-refractivity contribution in [3.63, 3.8) is 0 Å². The van der Waals surface area contributed by atoms with Crippen molar-refractivity contribution in [2.45, 2.75) is 6.61 Å². The first-order valence-corrected chi connectivity index (χ1v) is 10.7. The number of halogens is 1. The summed E-state index contributed by atoms with van der Waals surface area (Å²) in [5.74, 6) is 0.956. The predicted molar refractivity (Wildman–Crippen MR) is 134 cm³/mol.